The van der Waals surface area contributed by atoms with Crippen molar-refractivity contribution in [1.82, 2.24) is 14.7 Å². The molecule has 1 N–H and O–H groups in total. The molecule has 0 radical (unpaired) electrons. The number of nitrogens with zero attached hydrogens (tertiary/aromatic N) is 3. The predicted molar refractivity (Wildman–Crippen MR) is 119 cm³/mol. The molecule has 2 heterocycles. The minimum atomic E-state index is -3.13. The van der Waals surface area contributed by atoms with E-state index in [9.17, 15) is 18.8 Å². The van der Waals surface area contributed by atoms with Gasteiger partial charge in [-0.05, 0) is 44.9 Å². The van der Waals surface area contributed by atoms with E-state index < -0.39 is 17.9 Å². The van der Waals surface area contributed by atoms with Gasteiger partial charge < -0.3 is 19.5 Å². The lowest BCUT2D eigenvalue weighted by molar-refractivity contribution is -0.0502. The maximum Gasteiger partial charge on any atom is 0.387 e. The number of benzene rings is 1. The average molecular weight is 470 g/mol. The van der Waals surface area contributed by atoms with E-state index in [2.05, 4.69) is 16.4 Å². The predicted octanol–water partition coefficient (Wildman–Crippen LogP) is 4.31. The summed E-state index contributed by atoms with van der Waals surface area (Å²) in [6.07, 6.45) is 4.92. The van der Waals surface area contributed by atoms with Crippen LogP contribution in [0, 0.1) is 11.3 Å². The van der Waals surface area contributed by atoms with Crippen molar-refractivity contribution in [1.29, 1.82) is 5.26 Å². The number of methoxy groups -OCH3 is 2. The second-order valence-electron chi connectivity index (χ2n) is 8.54. The van der Waals surface area contributed by atoms with Gasteiger partial charge in [0.2, 0.25) is 0 Å². The molecule has 10 heteroatoms. The summed E-state index contributed by atoms with van der Waals surface area (Å²) < 4.78 is 43.8. The van der Waals surface area contributed by atoms with Crippen LogP contribution in [0.5, 0.6) is 17.2 Å². The quantitative estimate of drug-likeness (QED) is 0.527. The first-order valence-electron chi connectivity index (χ1n) is 10.6. The SMILES string of the molecule is COc1cn2c(-c3cc(OC)c(C(=O)NC4CC4)c(OC(F)F)c3)cnc2cc1C(C)(C)C#N. The average Bonchev–Trinajstić information content (AvgIpc) is 3.52. The Labute approximate surface area is 195 Å². The van der Waals surface area contributed by atoms with E-state index in [1.54, 1.807) is 42.8 Å². The summed E-state index contributed by atoms with van der Waals surface area (Å²) in [5.74, 6) is -0.276. The van der Waals surface area contributed by atoms with E-state index in [-0.39, 0.29) is 23.1 Å². The van der Waals surface area contributed by atoms with Crippen LogP contribution in [0.25, 0.3) is 16.9 Å². The molecule has 0 aliphatic heterocycles. The Balaban J connectivity index is 1.87. The highest BCUT2D eigenvalue weighted by atomic mass is 19.3. The van der Waals surface area contributed by atoms with Gasteiger partial charge in [0.15, 0.2) is 0 Å². The normalized spacial score (nSPS) is 13.6. The summed E-state index contributed by atoms with van der Waals surface area (Å²) in [5.41, 5.74) is 1.24. The number of pyridine rings is 1. The van der Waals surface area contributed by atoms with Crippen molar-refractivity contribution >= 4 is 11.6 Å². The number of alkyl halides is 2. The van der Waals surface area contributed by atoms with E-state index in [0.717, 1.165) is 12.8 Å². The molecule has 178 valence electrons. The van der Waals surface area contributed by atoms with E-state index in [0.29, 0.717) is 28.2 Å². The zero-order chi connectivity index (χ0) is 24.6. The first-order valence-corrected chi connectivity index (χ1v) is 10.6. The number of halogens is 2. The largest absolute Gasteiger partial charge is 0.496 e. The van der Waals surface area contributed by atoms with Crippen molar-refractivity contribution in [2.24, 2.45) is 0 Å². The molecule has 0 unspecified atom stereocenters. The molecule has 4 rings (SSSR count). The van der Waals surface area contributed by atoms with Crippen molar-refractivity contribution in [3.05, 3.63) is 41.7 Å². The molecule has 0 spiro atoms. The zero-order valence-corrected chi connectivity index (χ0v) is 19.2. The number of amides is 1. The third-order valence-electron chi connectivity index (χ3n) is 5.72. The number of fused-ring (bicyclic) bond motifs is 1. The smallest absolute Gasteiger partial charge is 0.387 e. The number of hydrogen-bond acceptors (Lipinski definition) is 6. The maximum absolute atomic E-state index is 13.2. The number of ether oxygens (including phenoxy) is 3. The van der Waals surface area contributed by atoms with Crippen molar-refractivity contribution < 1.29 is 27.8 Å². The van der Waals surface area contributed by atoms with Gasteiger partial charge in [-0.2, -0.15) is 14.0 Å². The first kappa shape index (κ1) is 23.3. The lowest BCUT2D eigenvalue weighted by atomic mass is 9.86. The van der Waals surface area contributed by atoms with Crippen LogP contribution in [0.15, 0.2) is 30.6 Å². The summed E-state index contributed by atoms with van der Waals surface area (Å²) in [6, 6.07) is 6.95. The van der Waals surface area contributed by atoms with Gasteiger partial charge in [0, 0.05) is 17.2 Å². The van der Waals surface area contributed by atoms with Crippen molar-refractivity contribution in [3.8, 4) is 34.6 Å². The van der Waals surface area contributed by atoms with Crippen LogP contribution in [0.4, 0.5) is 8.78 Å². The van der Waals surface area contributed by atoms with Crippen LogP contribution in [0.1, 0.15) is 42.6 Å². The van der Waals surface area contributed by atoms with Gasteiger partial charge in [-0.25, -0.2) is 4.98 Å². The Bertz CT molecular complexity index is 1290. The van der Waals surface area contributed by atoms with Crippen LogP contribution >= 0.6 is 0 Å². The lowest BCUT2D eigenvalue weighted by Gasteiger charge is -2.20. The minimum Gasteiger partial charge on any atom is -0.496 e. The van der Waals surface area contributed by atoms with Gasteiger partial charge in [-0.1, -0.05) is 0 Å². The molecule has 0 saturated heterocycles. The van der Waals surface area contributed by atoms with E-state index in [1.165, 1.54) is 20.3 Å². The van der Waals surface area contributed by atoms with Gasteiger partial charge in [0.1, 0.15) is 28.5 Å². The zero-order valence-electron chi connectivity index (χ0n) is 19.2. The number of hydrogen-bond donors (Lipinski definition) is 1. The third kappa shape index (κ3) is 4.33. The third-order valence-corrected chi connectivity index (χ3v) is 5.72. The Morgan fingerprint density at radius 3 is 2.47 bits per heavy atom. The highest BCUT2D eigenvalue weighted by Gasteiger charge is 2.30. The molecule has 1 saturated carbocycles. The van der Waals surface area contributed by atoms with Crippen LogP contribution in [0.2, 0.25) is 0 Å². The molecule has 1 aromatic carbocycles. The Kier molecular flexibility index (Phi) is 6.04. The fourth-order valence-corrected chi connectivity index (χ4v) is 3.73. The fourth-order valence-electron chi connectivity index (χ4n) is 3.73. The molecule has 1 aliphatic carbocycles. The molecule has 1 fully saturated rings. The number of nitrogens with one attached hydrogen (secondary N) is 1. The number of aromatic nitrogens is 2. The summed E-state index contributed by atoms with van der Waals surface area (Å²) in [6.45, 7) is 0.413. The van der Waals surface area contributed by atoms with Crippen LogP contribution in [-0.2, 0) is 5.41 Å². The van der Waals surface area contributed by atoms with Gasteiger partial charge in [-0.3, -0.25) is 9.20 Å². The van der Waals surface area contributed by atoms with E-state index >= 15 is 0 Å². The van der Waals surface area contributed by atoms with Gasteiger partial charge in [0.25, 0.3) is 5.91 Å². The molecule has 1 aliphatic rings. The Morgan fingerprint density at radius 2 is 1.88 bits per heavy atom. The minimum absolute atomic E-state index is 0.0226. The number of carbonyl (C=O) groups is 1. The topological polar surface area (TPSA) is 97.9 Å². The molecule has 0 bridgehead atoms. The highest BCUT2D eigenvalue weighted by molar-refractivity contribution is 6.01. The van der Waals surface area contributed by atoms with Crippen LogP contribution in [-0.4, -0.2) is 42.2 Å². The van der Waals surface area contributed by atoms with Crippen molar-refractivity contribution in [2.45, 2.75) is 44.8 Å². The molecular formula is C24H24F2N4O4. The summed E-state index contributed by atoms with van der Waals surface area (Å²) >= 11 is 0. The van der Waals surface area contributed by atoms with Crippen LogP contribution < -0.4 is 19.5 Å². The fraction of sp³-hybridized carbons (Fsp3) is 0.375. The second kappa shape index (κ2) is 8.82. The summed E-state index contributed by atoms with van der Waals surface area (Å²) in [7, 11) is 2.85. The molecule has 34 heavy (non-hydrogen) atoms. The molecule has 2 aromatic heterocycles. The van der Waals surface area contributed by atoms with E-state index in [1.807, 2.05) is 0 Å². The van der Waals surface area contributed by atoms with Gasteiger partial charge in [0.05, 0.1) is 43.8 Å². The Morgan fingerprint density at radius 1 is 1.21 bits per heavy atom. The summed E-state index contributed by atoms with van der Waals surface area (Å²) in [5, 5.41) is 12.3. The first-order chi connectivity index (χ1) is 16.2. The lowest BCUT2D eigenvalue weighted by Crippen LogP contribution is -2.26. The van der Waals surface area contributed by atoms with Gasteiger partial charge >= 0.3 is 6.61 Å². The Hall–Kier alpha value is -3.87. The standard InChI is InChI=1S/C24H24F2N4O4/c1-24(2,12-27)15-9-20-28-10-16(30(20)11-19(15)33-4)13-7-17(32-3)21(18(8-13)34-23(25)26)22(31)29-14-5-6-14/h7-11,14,23H,5-6H2,1-4H3,(H,29,31). The maximum atomic E-state index is 13.2. The molecule has 0 atom stereocenters. The molecule has 8 nitrogen and oxygen atoms in total. The van der Waals surface area contributed by atoms with Gasteiger partial charge in [-0.15, -0.1) is 0 Å². The highest BCUT2D eigenvalue weighted by Crippen LogP contribution is 2.38. The monoisotopic (exact) mass is 470 g/mol. The van der Waals surface area contributed by atoms with Crippen molar-refractivity contribution in [2.75, 3.05) is 14.2 Å². The number of carbonyl (C=O) groups excluding carboxylic acids is 1. The second-order valence-corrected chi connectivity index (χ2v) is 8.54. The molecule has 3 aromatic rings. The number of rotatable bonds is 8. The summed E-state index contributed by atoms with van der Waals surface area (Å²) in [4.78, 5) is 17.2. The van der Waals surface area contributed by atoms with Crippen LogP contribution in [0.3, 0.4) is 0 Å². The molecule has 1 amide bonds. The number of nitriles is 1. The molecular weight excluding hydrogens is 446 g/mol. The number of imidazole rings is 1. The van der Waals surface area contributed by atoms with E-state index in [4.69, 9.17) is 14.2 Å². The van der Waals surface area contributed by atoms with Crippen molar-refractivity contribution in [3.63, 3.8) is 0 Å².